The fourth-order valence-corrected chi connectivity index (χ4v) is 3.16. The molecular formula is C16H19NO3. The second-order valence-electron chi connectivity index (χ2n) is 5.70. The van der Waals surface area contributed by atoms with Crippen molar-refractivity contribution in [3.8, 4) is 0 Å². The number of carbonyl (C=O) groups excluding carboxylic acids is 2. The van der Waals surface area contributed by atoms with Crippen LogP contribution >= 0.6 is 0 Å². The number of nitrogens with one attached hydrogen (secondary N) is 1. The Morgan fingerprint density at radius 3 is 2.90 bits per heavy atom. The van der Waals surface area contributed by atoms with Crippen LogP contribution in [0, 0.1) is 5.92 Å². The lowest BCUT2D eigenvalue weighted by molar-refractivity contribution is -0.147. The number of rotatable bonds is 3. The summed E-state index contributed by atoms with van der Waals surface area (Å²) in [4.78, 5) is 23.5. The summed E-state index contributed by atoms with van der Waals surface area (Å²) in [5, 5.41) is 3.26. The normalized spacial score (nSPS) is 29.0. The summed E-state index contributed by atoms with van der Waals surface area (Å²) in [5.41, 5.74) is 0.992. The van der Waals surface area contributed by atoms with Crippen LogP contribution in [0.25, 0.3) is 0 Å². The van der Waals surface area contributed by atoms with Gasteiger partial charge in [-0.3, -0.25) is 9.59 Å². The van der Waals surface area contributed by atoms with E-state index in [9.17, 15) is 9.59 Å². The number of esters is 1. The van der Waals surface area contributed by atoms with E-state index in [2.05, 4.69) is 5.32 Å². The third-order valence-corrected chi connectivity index (χ3v) is 4.27. The molecular weight excluding hydrogens is 254 g/mol. The van der Waals surface area contributed by atoms with Gasteiger partial charge in [-0.2, -0.15) is 0 Å². The maximum atomic E-state index is 12.1. The fourth-order valence-electron chi connectivity index (χ4n) is 3.16. The van der Waals surface area contributed by atoms with Crippen LogP contribution in [-0.2, 0) is 20.9 Å². The van der Waals surface area contributed by atoms with Crippen molar-refractivity contribution in [2.45, 2.75) is 44.4 Å². The molecule has 2 aliphatic rings. The molecule has 1 heterocycles. The molecule has 1 aromatic rings. The van der Waals surface area contributed by atoms with Gasteiger partial charge in [0, 0.05) is 18.9 Å². The number of benzene rings is 1. The molecule has 3 atom stereocenters. The number of ether oxygens (including phenoxy) is 1. The molecule has 0 radical (unpaired) electrons. The van der Waals surface area contributed by atoms with Crippen molar-refractivity contribution in [3.05, 3.63) is 35.9 Å². The van der Waals surface area contributed by atoms with E-state index in [1.54, 1.807) is 0 Å². The summed E-state index contributed by atoms with van der Waals surface area (Å²) in [6.07, 6.45) is 2.92. The van der Waals surface area contributed by atoms with Gasteiger partial charge in [-0.25, -0.2) is 0 Å². The minimum Gasteiger partial charge on any atom is -0.460 e. The molecule has 1 N–H and O–H groups in total. The molecule has 1 saturated carbocycles. The zero-order chi connectivity index (χ0) is 13.9. The average Bonchev–Trinajstić information content (AvgIpc) is 2.89. The molecule has 1 aliphatic carbocycles. The largest absolute Gasteiger partial charge is 0.460 e. The Labute approximate surface area is 118 Å². The first kappa shape index (κ1) is 13.3. The van der Waals surface area contributed by atoms with E-state index in [0.717, 1.165) is 18.4 Å². The Hall–Kier alpha value is -1.68. The van der Waals surface area contributed by atoms with Crippen molar-refractivity contribution < 1.29 is 14.3 Å². The zero-order valence-electron chi connectivity index (χ0n) is 11.4. The summed E-state index contributed by atoms with van der Waals surface area (Å²) >= 11 is 0. The zero-order valence-corrected chi connectivity index (χ0v) is 11.4. The Morgan fingerprint density at radius 1 is 1.30 bits per heavy atom. The number of Topliss-reactive ketones (excluding diaryl/α,β-unsaturated/α-hetero) is 1. The predicted molar refractivity (Wildman–Crippen MR) is 73.9 cm³/mol. The van der Waals surface area contributed by atoms with E-state index in [0.29, 0.717) is 31.1 Å². The molecule has 1 saturated heterocycles. The number of hydrogen-bond acceptors (Lipinski definition) is 4. The maximum absolute atomic E-state index is 12.1. The van der Waals surface area contributed by atoms with Crippen molar-refractivity contribution in [3.63, 3.8) is 0 Å². The van der Waals surface area contributed by atoms with Crippen molar-refractivity contribution in [1.82, 2.24) is 5.32 Å². The standard InChI is InChI=1S/C16H19NO3/c18-13-7-6-12-8-15(17-14(12)9-13)16(19)20-10-11-4-2-1-3-5-11/h1-5,12,14-15,17H,6-10H2/t12-,14-,15+/m1/s1. The second kappa shape index (κ2) is 5.75. The Morgan fingerprint density at radius 2 is 2.10 bits per heavy atom. The Bertz CT molecular complexity index is 500. The lowest BCUT2D eigenvalue weighted by atomic mass is 9.84. The number of fused-ring (bicyclic) bond motifs is 1. The molecule has 20 heavy (non-hydrogen) atoms. The van der Waals surface area contributed by atoms with Gasteiger partial charge in [-0.15, -0.1) is 0 Å². The Kier molecular flexibility index (Phi) is 3.83. The summed E-state index contributed by atoms with van der Waals surface area (Å²) < 4.78 is 5.36. The van der Waals surface area contributed by atoms with E-state index in [-0.39, 0.29) is 18.1 Å². The van der Waals surface area contributed by atoms with Crippen LogP contribution in [0.4, 0.5) is 0 Å². The molecule has 3 rings (SSSR count). The predicted octanol–water partition coefficient (Wildman–Crippen LogP) is 1.83. The second-order valence-corrected chi connectivity index (χ2v) is 5.70. The monoisotopic (exact) mass is 273 g/mol. The van der Waals surface area contributed by atoms with Crippen LogP contribution in [0.5, 0.6) is 0 Å². The van der Waals surface area contributed by atoms with E-state index >= 15 is 0 Å². The highest BCUT2D eigenvalue weighted by Gasteiger charge is 2.41. The smallest absolute Gasteiger partial charge is 0.323 e. The molecule has 0 spiro atoms. The first-order valence-electron chi connectivity index (χ1n) is 7.20. The van der Waals surface area contributed by atoms with Gasteiger partial charge in [0.05, 0.1) is 0 Å². The van der Waals surface area contributed by atoms with Crippen molar-refractivity contribution in [1.29, 1.82) is 0 Å². The highest BCUT2D eigenvalue weighted by molar-refractivity contribution is 5.81. The first-order chi connectivity index (χ1) is 9.72. The minimum absolute atomic E-state index is 0.172. The number of hydrogen-bond donors (Lipinski definition) is 1. The molecule has 0 unspecified atom stereocenters. The van der Waals surface area contributed by atoms with Crippen LogP contribution in [0.1, 0.15) is 31.2 Å². The minimum atomic E-state index is -0.250. The summed E-state index contributed by atoms with van der Waals surface area (Å²) in [6, 6.07) is 9.59. The molecule has 106 valence electrons. The van der Waals surface area contributed by atoms with Gasteiger partial charge in [0.2, 0.25) is 0 Å². The van der Waals surface area contributed by atoms with E-state index in [4.69, 9.17) is 4.74 Å². The highest BCUT2D eigenvalue weighted by Crippen LogP contribution is 2.32. The first-order valence-corrected chi connectivity index (χ1v) is 7.20. The van der Waals surface area contributed by atoms with Gasteiger partial charge in [0.25, 0.3) is 0 Å². The fraction of sp³-hybridized carbons (Fsp3) is 0.500. The van der Waals surface area contributed by atoms with Gasteiger partial charge < -0.3 is 10.1 Å². The third kappa shape index (κ3) is 2.90. The Balaban J connectivity index is 1.52. The summed E-state index contributed by atoms with van der Waals surface area (Å²) in [6.45, 7) is 0.312. The molecule has 0 bridgehead atoms. The molecule has 4 nitrogen and oxygen atoms in total. The van der Waals surface area contributed by atoms with E-state index in [1.807, 2.05) is 30.3 Å². The van der Waals surface area contributed by atoms with E-state index < -0.39 is 0 Å². The van der Waals surface area contributed by atoms with Gasteiger partial charge in [0.1, 0.15) is 18.4 Å². The van der Waals surface area contributed by atoms with E-state index in [1.165, 1.54) is 0 Å². The van der Waals surface area contributed by atoms with Crippen LogP contribution in [0.3, 0.4) is 0 Å². The quantitative estimate of drug-likeness (QED) is 0.854. The van der Waals surface area contributed by atoms with Crippen molar-refractivity contribution >= 4 is 11.8 Å². The number of carbonyl (C=O) groups is 2. The molecule has 1 aromatic carbocycles. The molecule has 1 aliphatic heterocycles. The van der Waals surface area contributed by atoms with Gasteiger partial charge in [-0.1, -0.05) is 30.3 Å². The van der Waals surface area contributed by atoms with Crippen LogP contribution in [0.15, 0.2) is 30.3 Å². The van der Waals surface area contributed by atoms with Gasteiger partial charge in [0.15, 0.2) is 0 Å². The molecule has 0 amide bonds. The average molecular weight is 273 g/mol. The highest BCUT2D eigenvalue weighted by atomic mass is 16.5. The van der Waals surface area contributed by atoms with Crippen LogP contribution < -0.4 is 5.32 Å². The molecule has 0 aromatic heterocycles. The van der Waals surface area contributed by atoms with Crippen molar-refractivity contribution in [2.75, 3.05) is 0 Å². The lowest BCUT2D eigenvalue weighted by Gasteiger charge is -2.23. The lowest BCUT2D eigenvalue weighted by Crippen LogP contribution is -2.39. The van der Waals surface area contributed by atoms with Gasteiger partial charge in [-0.05, 0) is 24.3 Å². The molecule has 4 heteroatoms. The van der Waals surface area contributed by atoms with Crippen LogP contribution in [0.2, 0.25) is 0 Å². The third-order valence-electron chi connectivity index (χ3n) is 4.27. The topological polar surface area (TPSA) is 55.4 Å². The molecule has 2 fully saturated rings. The SMILES string of the molecule is O=C1CC[C@@H]2C[C@@H](C(=O)OCc3ccccc3)N[C@@H]2C1. The van der Waals surface area contributed by atoms with Crippen LogP contribution in [-0.4, -0.2) is 23.8 Å². The van der Waals surface area contributed by atoms with Crippen molar-refractivity contribution in [2.24, 2.45) is 5.92 Å². The maximum Gasteiger partial charge on any atom is 0.323 e. The summed E-state index contributed by atoms with van der Waals surface area (Å²) in [5.74, 6) is 0.551. The number of ketones is 1. The summed E-state index contributed by atoms with van der Waals surface area (Å²) in [7, 11) is 0. The van der Waals surface area contributed by atoms with Gasteiger partial charge >= 0.3 is 5.97 Å².